The fraction of sp³-hybridized carbons (Fsp3) is 0.571. The summed E-state index contributed by atoms with van der Waals surface area (Å²) in [6.07, 6.45) is 3.75. The Morgan fingerprint density at radius 3 is 3.14 bits per heavy atom. The predicted molar refractivity (Wildman–Crippen MR) is 76.2 cm³/mol. The van der Waals surface area contributed by atoms with Gasteiger partial charge in [-0.15, -0.1) is 0 Å². The maximum absolute atomic E-state index is 12.0. The van der Waals surface area contributed by atoms with Crippen LogP contribution in [0.4, 0.5) is 5.82 Å². The van der Waals surface area contributed by atoms with Crippen molar-refractivity contribution in [1.82, 2.24) is 15.1 Å². The van der Waals surface area contributed by atoms with E-state index < -0.39 is 5.97 Å². The van der Waals surface area contributed by atoms with Gasteiger partial charge in [-0.2, -0.15) is 4.98 Å². The van der Waals surface area contributed by atoms with E-state index in [2.05, 4.69) is 26.9 Å². The maximum Gasteiger partial charge on any atom is 0.361 e. The van der Waals surface area contributed by atoms with Gasteiger partial charge in [0.2, 0.25) is 5.69 Å². The molecule has 7 heteroatoms. The van der Waals surface area contributed by atoms with E-state index in [1.165, 1.54) is 12.7 Å². The summed E-state index contributed by atoms with van der Waals surface area (Å²) in [6, 6.07) is 0. The van der Waals surface area contributed by atoms with Crippen molar-refractivity contribution in [2.45, 2.75) is 26.7 Å². The number of nitrogens with zero attached hydrogens (tertiary/aromatic N) is 4. The number of carbonyl (C=O) groups is 1. The normalized spacial score (nSPS) is 19.0. The second-order valence-corrected chi connectivity index (χ2v) is 5.32. The smallest absolute Gasteiger partial charge is 0.361 e. The van der Waals surface area contributed by atoms with Gasteiger partial charge in [-0.3, -0.25) is 0 Å². The summed E-state index contributed by atoms with van der Waals surface area (Å²) in [6.45, 7) is 6.06. The third-order valence-electron chi connectivity index (χ3n) is 3.68. The lowest BCUT2D eigenvalue weighted by molar-refractivity contribution is 0.0517. The molecule has 21 heavy (non-hydrogen) atoms. The van der Waals surface area contributed by atoms with Crippen molar-refractivity contribution in [1.29, 1.82) is 0 Å². The largest absolute Gasteiger partial charge is 0.461 e. The van der Waals surface area contributed by atoms with Crippen molar-refractivity contribution in [3.8, 4) is 0 Å². The fourth-order valence-electron chi connectivity index (χ4n) is 2.73. The highest BCUT2D eigenvalue weighted by atomic mass is 16.5. The average molecular weight is 290 g/mol. The Bertz CT molecular complexity index is 655. The Kier molecular flexibility index (Phi) is 3.72. The molecule has 2 aromatic rings. The van der Waals surface area contributed by atoms with Gasteiger partial charge < -0.3 is 14.2 Å². The number of anilines is 1. The Balaban J connectivity index is 2.05. The van der Waals surface area contributed by atoms with E-state index in [1.807, 2.05) is 0 Å². The van der Waals surface area contributed by atoms with Crippen LogP contribution in [0.3, 0.4) is 0 Å². The molecule has 0 amide bonds. The van der Waals surface area contributed by atoms with E-state index in [9.17, 15) is 4.79 Å². The highest BCUT2D eigenvalue weighted by Crippen LogP contribution is 2.29. The molecule has 1 atom stereocenters. The van der Waals surface area contributed by atoms with Gasteiger partial charge in [0.05, 0.1) is 6.61 Å². The molecule has 0 aliphatic carbocycles. The zero-order chi connectivity index (χ0) is 14.8. The molecule has 3 heterocycles. The first-order valence-corrected chi connectivity index (χ1v) is 7.23. The number of fused-ring (bicyclic) bond motifs is 1. The predicted octanol–water partition coefficient (Wildman–Crippen LogP) is 2.03. The molecule has 1 aliphatic heterocycles. The van der Waals surface area contributed by atoms with Gasteiger partial charge in [-0.05, 0) is 25.7 Å². The summed E-state index contributed by atoms with van der Waals surface area (Å²) in [5.74, 6) is 0.794. The highest BCUT2D eigenvalue weighted by Gasteiger charge is 2.26. The van der Waals surface area contributed by atoms with E-state index in [-0.39, 0.29) is 12.3 Å². The lowest BCUT2D eigenvalue weighted by Crippen LogP contribution is -2.35. The number of rotatable bonds is 3. The monoisotopic (exact) mass is 290 g/mol. The number of hydrogen-bond donors (Lipinski definition) is 0. The third kappa shape index (κ3) is 2.55. The molecular weight excluding hydrogens is 272 g/mol. The van der Waals surface area contributed by atoms with E-state index >= 15 is 0 Å². The van der Waals surface area contributed by atoms with Crippen LogP contribution in [0.1, 0.15) is 37.2 Å². The molecule has 0 spiro atoms. The first-order valence-electron chi connectivity index (χ1n) is 7.23. The van der Waals surface area contributed by atoms with Crippen molar-refractivity contribution in [2.24, 2.45) is 5.92 Å². The minimum atomic E-state index is -0.502. The second-order valence-electron chi connectivity index (χ2n) is 5.32. The quantitative estimate of drug-likeness (QED) is 0.800. The van der Waals surface area contributed by atoms with Crippen molar-refractivity contribution >= 4 is 22.9 Å². The molecule has 0 N–H and O–H groups in total. The minimum Gasteiger partial charge on any atom is -0.461 e. The number of aromatic nitrogens is 3. The number of hydrogen-bond acceptors (Lipinski definition) is 7. The molecule has 1 fully saturated rings. The zero-order valence-corrected chi connectivity index (χ0v) is 12.2. The van der Waals surface area contributed by atoms with Crippen LogP contribution in [-0.4, -0.2) is 40.8 Å². The van der Waals surface area contributed by atoms with Crippen molar-refractivity contribution in [3.63, 3.8) is 0 Å². The van der Waals surface area contributed by atoms with Crippen LogP contribution < -0.4 is 4.90 Å². The van der Waals surface area contributed by atoms with Crippen molar-refractivity contribution < 1.29 is 14.1 Å². The van der Waals surface area contributed by atoms with Crippen LogP contribution in [0, 0.1) is 5.92 Å². The van der Waals surface area contributed by atoms with Crippen LogP contribution in [0.5, 0.6) is 0 Å². The third-order valence-corrected chi connectivity index (χ3v) is 3.68. The standard InChI is InChI=1S/C14H18N4O3/c1-3-20-14(19)11-10-12(15-8-16-13(10)21-17-11)18-6-4-5-9(2)7-18/h8-9H,3-7H2,1-2H3. The van der Waals surface area contributed by atoms with Gasteiger partial charge in [-0.25, -0.2) is 9.78 Å². The van der Waals surface area contributed by atoms with Crippen LogP contribution >= 0.6 is 0 Å². The molecule has 0 bridgehead atoms. The summed E-state index contributed by atoms with van der Waals surface area (Å²) < 4.78 is 10.2. The number of ether oxygens (including phenoxy) is 1. The van der Waals surface area contributed by atoms with Crippen LogP contribution in [0.15, 0.2) is 10.9 Å². The summed E-state index contributed by atoms with van der Waals surface area (Å²) in [5, 5.41) is 4.36. The van der Waals surface area contributed by atoms with Crippen molar-refractivity contribution in [3.05, 3.63) is 12.0 Å². The van der Waals surface area contributed by atoms with Crippen molar-refractivity contribution in [2.75, 3.05) is 24.6 Å². The molecular formula is C14H18N4O3. The summed E-state index contributed by atoms with van der Waals surface area (Å²) in [4.78, 5) is 22.6. The molecule has 0 radical (unpaired) electrons. The van der Waals surface area contributed by atoms with Crippen LogP contribution in [0.25, 0.3) is 11.1 Å². The van der Waals surface area contributed by atoms with Crippen LogP contribution in [-0.2, 0) is 4.74 Å². The van der Waals surface area contributed by atoms with Gasteiger partial charge in [0.25, 0.3) is 5.71 Å². The summed E-state index contributed by atoms with van der Waals surface area (Å²) >= 11 is 0. The van der Waals surface area contributed by atoms with Gasteiger partial charge in [-0.1, -0.05) is 12.1 Å². The molecule has 2 aromatic heterocycles. The number of piperidine rings is 1. The van der Waals surface area contributed by atoms with E-state index in [4.69, 9.17) is 9.26 Å². The second kappa shape index (κ2) is 5.67. The Labute approximate surface area is 122 Å². The molecule has 1 unspecified atom stereocenters. The molecule has 0 aromatic carbocycles. The lowest BCUT2D eigenvalue weighted by Gasteiger charge is -2.31. The van der Waals surface area contributed by atoms with Gasteiger partial charge in [0, 0.05) is 13.1 Å². The number of esters is 1. The Morgan fingerprint density at radius 2 is 2.38 bits per heavy atom. The van der Waals surface area contributed by atoms with Gasteiger partial charge in [0.15, 0.2) is 0 Å². The molecule has 3 rings (SSSR count). The Hall–Kier alpha value is -2.18. The van der Waals surface area contributed by atoms with Crippen LogP contribution in [0.2, 0.25) is 0 Å². The Morgan fingerprint density at radius 1 is 1.52 bits per heavy atom. The molecule has 1 aliphatic rings. The summed E-state index contributed by atoms with van der Waals surface area (Å²) in [5.41, 5.74) is 0.474. The molecule has 112 valence electrons. The maximum atomic E-state index is 12.0. The zero-order valence-electron chi connectivity index (χ0n) is 12.2. The van der Waals surface area contributed by atoms with Gasteiger partial charge >= 0.3 is 5.97 Å². The summed E-state index contributed by atoms with van der Waals surface area (Å²) in [7, 11) is 0. The highest BCUT2D eigenvalue weighted by molar-refractivity contribution is 6.04. The SMILES string of the molecule is CCOC(=O)c1noc2ncnc(N3CCCC(C)C3)c12. The minimum absolute atomic E-state index is 0.153. The average Bonchev–Trinajstić information content (AvgIpc) is 2.91. The number of carbonyl (C=O) groups excluding carboxylic acids is 1. The van der Waals surface area contributed by atoms with Gasteiger partial charge in [0.1, 0.15) is 17.5 Å². The van der Waals surface area contributed by atoms with E-state index in [0.717, 1.165) is 19.5 Å². The molecule has 7 nitrogen and oxygen atoms in total. The first kappa shape index (κ1) is 13.8. The fourth-order valence-corrected chi connectivity index (χ4v) is 2.73. The lowest BCUT2D eigenvalue weighted by atomic mass is 10.00. The topological polar surface area (TPSA) is 81.3 Å². The molecule has 1 saturated heterocycles. The first-order chi connectivity index (χ1) is 10.2. The van der Waals surface area contributed by atoms with E-state index in [1.54, 1.807) is 6.92 Å². The van der Waals surface area contributed by atoms with E-state index in [0.29, 0.717) is 22.8 Å². The molecule has 0 saturated carbocycles.